The minimum Gasteiger partial charge on any atom is -0.490 e. The lowest BCUT2D eigenvalue weighted by Crippen LogP contribution is -2.19. The van der Waals surface area contributed by atoms with Crippen LogP contribution in [0.15, 0.2) is 78.9 Å². The van der Waals surface area contributed by atoms with E-state index in [1.54, 1.807) is 0 Å². The Morgan fingerprint density at radius 1 is 0.806 bits per heavy atom. The molecule has 1 amide bonds. The van der Waals surface area contributed by atoms with Gasteiger partial charge in [0.05, 0.1) is 11.6 Å². The van der Waals surface area contributed by atoms with E-state index in [0.29, 0.717) is 30.6 Å². The van der Waals surface area contributed by atoms with E-state index in [2.05, 4.69) is 31.3 Å². The van der Waals surface area contributed by atoms with Crippen LogP contribution < -0.4 is 14.8 Å². The number of anilines is 1. The van der Waals surface area contributed by atoms with Crippen molar-refractivity contribution in [1.82, 2.24) is 0 Å². The van der Waals surface area contributed by atoms with Crippen LogP contribution in [0, 0.1) is 5.92 Å². The number of hydrogen-bond acceptors (Lipinski definition) is 3. The third-order valence-electron chi connectivity index (χ3n) is 5.01. The fourth-order valence-corrected chi connectivity index (χ4v) is 3.33. The van der Waals surface area contributed by atoms with Gasteiger partial charge in [-0.15, -0.1) is 0 Å². The second-order valence-corrected chi connectivity index (χ2v) is 8.06. The normalized spacial score (nSPS) is 11.7. The number of ether oxygens (including phenoxy) is 2. The van der Waals surface area contributed by atoms with Crippen LogP contribution in [0.1, 0.15) is 37.8 Å². The Hall–Kier alpha value is -3.27. The highest BCUT2D eigenvalue weighted by Crippen LogP contribution is 2.26. The van der Waals surface area contributed by atoms with Crippen LogP contribution in [0.3, 0.4) is 0 Å². The first-order chi connectivity index (χ1) is 15.0. The number of carbonyl (C=O) groups is 1. The number of amides is 1. The summed E-state index contributed by atoms with van der Waals surface area (Å²) in [4.78, 5) is 12.9. The monoisotopic (exact) mass is 417 g/mol. The molecular formula is C27H31NO3. The van der Waals surface area contributed by atoms with Gasteiger partial charge in [-0.2, -0.15) is 0 Å². The number of rotatable bonds is 10. The summed E-state index contributed by atoms with van der Waals surface area (Å²) in [6, 6.07) is 25.4. The van der Waals surface area contributed by atoms with Gasteiger partial charge in [0.15, 0.2) is 0 Å². The van der Waals surface area contributed by atoms with Crippen LogP contribution in [0.5, 0.6) is 11.5 Å². The van der Waals surface area contributed by atoms with Crippen LogP contribution in [0.4, 0.5) is 5.69 Å². The summed E-state index contributed by atoms with van der Waals surface area (Å²) in [7, 11) is 0. The average Bonchev–Trinajstić information content (AvgIpc) is 2.78. The molecule has 0 fully saturated rings. The van der Waals surface area contributed by atoms with E-state index in [0.717, 1.165) is 17.7 Å². The quantitative estimate of drug-likeness (QED) is 0.406. The first-order valence-electron chi connectivity index (χ1n) is 10.8. The lowest BCUT2D eigenvalue weighted by atomic mass is 9.96. The van der Waals surface area contributed by atoms with Crippen LogP contribution in [0.2, 0.25) is 0 Å². The van der Waals surface area contributed by atoms with Crippen LogP contribution in [-0.4, -0.2) is 19.1 Å². The van der Waals surface area contributed by atoms with E-state index in [1.807, 2.05) is 73.7 Å². The number of para-hydroxylation sites is 3. The molecule has 3 aromatic carbocycles. The summed E-state index contributed by atoms with van der Waals surface area (Å²) in [6.07, 6.45) is 1.04. The molecule has 1 N–H and O–H groups in total. The topological polar surface area (TPSA) is 47.6 Å². The first-order valence-corrected chi connectivity index (χ1v) is 10.8. The molecule has 1 atom stereocenters. The van der Waals surface area contributed by atoms with Gasteiger partial charge in [0, 0.05) is 0 Å². The predicted molar refractivity (Wildman–Crippen MR) is 126 cm³/mol. The fourth-order valence-electron chi connectivity index (χ4n) is 3.33. The third-order valence-corrected chi connectivity index (χ3v) is 5.01. The second kappa shape index (κ2) is 11.2. The molecule has 0 bridgehead atoms. The summed E-state index contributed by atoms with van der Waals surface area (Å²) < 4.78 is 11.5. The first kappa shape index (κ1) is 22.4. The van der Waals surface area contributed by atoms with Gasteiger partial charge < -0.3 is 14.8 Å². The van der Waals surface area contributed by atoms with Crippen molar-refractivity contribution in [3.05, 3.63) is 90.0 Å². The van der Waals surface area contributed by atoms with Gasteiger partial charge in [-0.25, -0.2) is 0 Å². The molecule has 0 aliphatic carbocycles. The molecular weight excluding hydrogens is 386 g/mol. The Morgan fingerprint density at radius 3 is 2.16 bits per heavy atom. The standard InChI is InChI=1S/C27H31NO3/c1-20(2)19-22-13-15-23(16-14-22)21(3)27(29)28-25-11-7-8-12-26(25)31-18-17-30-24-9-5-4-6-10-24/h4-16,20-21H,17-19H2,1-3H3,(H,28,29). The van der Waals surface area contributed by atoms with Crippen molar-refractivity contribution < 1.29 is 14.3 Å². The molecule has 31 heavy (non-hydrogen) atoms. The van der Waals surface area contributed by atoms with Crippen molar-refractivity contribution >= 4 is 11.6 Å². The minimum atomic E-state index is -0.262. The Balaban J connectivity index is 1.55. The molecule has 0 aliphatic rings. The van der Waals surface area contributed by atoms with Gasteiger partial charge >= 0.3 is 0 Å². The van der Waals surface area contributed by atoms with Crippen molar-refractivity contribution in [3.63, 3.8) is 0 Å². The maximum atomic E-state index is 12.9. The van der Waals surface area contributed by atoms with Crippen LogP contribution in [-0.2, 0) is 11.2 Å². The van der Waals surface area contributed by atoms with Gasteiger partial charge in [-0.3, -0.25) is 4.79 Å². The van der Waals surface area contributed by atoms with Crippen LogP contribution >= 0.6 is 0 Å². The molecule has 0 radical (unpaired) electrons. The minimum absolute atomic E-state index is 0.0619. The van der Waals surface area contributed by atoms with Crippen molar-refractivity contribution in [2.75, 3.05) is 18.5 Å². The van der Waals surface area contributed by atoms with Crippen molar-refractivity contribution in [2.45, 2.75) is 33.1 Å². The van der Waals surface area contributed by atoms with Gasteiger partial charge in [0.2, 0.25) is 5.91 Å². The number of carbonyl (C=O) groups excluding carboxylic acids is 1. The SMILES string of the molecule is CC(C)Cc1ccc(C(C)C(=O)Nc2ccccc2OCCOc2ccccc2)cc1. The maximum Gasteiger partial charge on any atom is 0.231 e. The predicted octanol–water partition coefficient (Wildman–Crippen LogP) is 6.09. The number of benzene rings is 3. The molecule has 4 heteroatoms. The average molecular weight is 418 g/mol. The molecule has 0 aliphatic heterocycles. The highest BCUT2D eigenvalue weighted by atomic mass is 16.5. The Labute approximate surface area is 185 Å². The fraction of sp³-hybridized carbons (Fsp3) is 0.296. The largest absolute Gasteiger partial charge is 0.490 e. The lowest BCUT2D eigenvalue weighted by Gasteiger charge is -2.16. The Morgan fingerprint density at radius 2 is 1.45 bits per heavy atom. The highest BCUT2D eigenvalue weighted by Gasteiger charge is 2.17. The smallest absolute Gasteiger partial charge is 0.231 e. The molecule has 0 heterocycles. The molecule has 0 saturated carbocycles. The van der Waals surface area contributed by atoms with E-state index in [4.69, 9.17) is 9.47 Å². The van der Waals surface area contributed by atoms with Crippen molar-refractivity contribution in [1.29, 1.82) is 0 Å². The number of hydrogen-bond donors (Lipinski definition) is 1. The van der Waals surface area contributed by atoms with Gasteiger partial charge in [-0.1, -0.05) is 68.4 Å². The molecule has 4 nitrogen and oxygen atoms in total. The number of nitrogens with one attached hydrogen (secondary N) is 1. The van der Waals surface area contributed by atoms with Gasteiger partial charge in [0.1, 0.15) is 24.7 Å². The summed E-state index contributed by atoms with van der Waals surface area (Å²) in [5.74, 6) is 1.73. The maximum absolute atomic E-state index is 12.9. The van der Waals surface area contributed by atoms with E-state index in [-0.39, 0.29) is 11.8 Å². The molecule has 0 saturated heterocycles. The van der Waals surface area contributed by atoms with Crippen molar-refractivity contribution in [2.24, 2.45) is 5.92 Å². The molecule has 0 aromatic heterocycles. The summed E-state index contributed by atoms with van der Waals surface area (Å²) >= 11 is 0. The zero-order valence-electron chi connectivity index (χ0n) is 18.5. The lowest BCUT2D eigenvalue weighted by molar-refractivity contribution is -0.117. The van der Waals surface area contributed by atoms with Crippen molar-refractivity contribution in [3.8, 4) is 11.5 Å². The summed E-state index contributed by atoms with van der Waals surface area (Å²) in [6.45, 7) is 7.14. The van der Waals surface area contributed by atoms with E-state index < -0.39 is 0 Å². The molecule has 1 unspecified atom stereocenters. The summed E-state index contributed by atoms with van der Waals surface area (Å²) in [5, 5.41) is 3.01. The Kier molecular flexibility index (Phi) is 8.11. The molecule has 0 spiro atoms. The van der Waals surface area contributed by atoms with E-state index in [9.17, 15) is 4.79 Å². The third kappa shape index (κ3) is 6.88. The summed E-state index contributed by atoms with van der Waals surface area (Å²) in [5.41, 5.74) is 2.96. The van der Waals surface area contributed by atoms with Gasteiger partial charge in [-0.05, 0) is 54.7 Å². The Bertz CT molecular complexity index is 952. The highest BCUT2D eigenvalue weighted by molar-refractivity contribution is 5.96. The molecule has 162 valence electrons. The van der Waals surface area contributed by atoms with E-state index >= 15 is 0 Å². The zero-order valence-corrected chi connectivity index (χ0v) is 18.5. The molecule has 3 aromatic rings. The van der Waals surface area contributed by atoms with Gasteiger partial charge in [0.25, 0.3) is 0 Å². The second-order valence-electron chi connectivity index (χ2n) is 8.06. The zero-order chi connectivity index (χ0) is 22.1. The van der Waals surface area contributed by atoms with Crippen LogP contribution in [0.25, 0.3) is 0 Å². The molecule has 3 rings (SSSR count). The van der Waals surface area contributed by atoms with E-state index in [1.165, 1.54) is 5.56 Å².